The third-order valence-electron chi connectivity index (χ3n) is 7.54. The number of anilines is 3. The molecule has 8 nitrogen and oxygen atoms in total. The van der Waals surface area contributed by atoms with Crippen LogP contribution in [0.1, 0.15) is 29.6 Å². The molecule has 3 fully saturated rings. The monoisotopic (exact) mass is 522 g/mol. The first-order valence-corrected chi connectivity index (χ1v) is 12.0. The SMILES string of the molecule is COc1ccc(NC(=O)c2ccc([N+](=O)[O-])cc2N2CCC3C(C2)C3(F)F)cc1N1CCC(F)(F)CC1. The largest absolute Gasteiger partial charge is 0.495 e. The molecule has 2 unspecified atom stereocenters. The minimum atomic E-state index is -2.75. The highest BCUT2D eigenvalue weighted by molar-refractivity contribution is 6.08. The van der Waals surface area contributed by atoms with Crippen LogP contribution in [0.25, 0.3) is 0 Å². The van der Waals surface area contributed by atoms with Gasteiger partial charge in [0.25, 0.3) is 23.4 Å². The highest BCUT2D eigenvalue weighted by Gasteiger charge is 2.69. The molecule has 2 aliphatic heterocycles. The van der Waals surface area contributed by atoms with Crippen molar-refractivity contribution in [3.63, 3.8) is 0 Å². The average molecular weight is 522 g/mol. The highest BCUT2D eigenvalue weighted by atomic mass is 19.3. The molecule has 0 aromatic heterocycles. The zero-order valence-corrected chi connectivity index (χ0v) is 20.1. The van der Waals surface area contributed by atoms with Crippen molar-refractivity contribution in [1.82, 2.24) is 0 Å². The van der Waals surface area contributed by atoms with Crippen molar-refractivity contribution in [3.05, 3.63) is 52.1 Å². The van der Waals surface area contributed by atoms with Crippen molar-refractivity contribution < 1.29 is 32.0 Å². The Bertz CT molecular complexity index is 1230. The Balaban J connectivity index is 1.40. The number of carbonyl (C=O) groups is 1. The molecule has 198 valence electrons. The Morgan fingerprint density at radius 1 is 1.03 bits per heavy atom. The zero-order chi connectivity index (χ0) is 26.5. The Morgan fingerprint density at radius 3 is 2.41 bits per heavy atom. The Hall–Kier alpha value is -3.57. The maximum Gasteiger partial charge on any atom is 0.271 e. The third kappa shape index (κ3) is 4.76. The first-order chi connectivity index (χ1) is 17.5. The average Bonchev–Trinajstić information content (AvgIpc) is 3.43. The van der Waals surface area contributed by atoms with Crippen LogP contribution in [-0.4, -0.2) is 56.0 Å². The van der Waals surface area contributed by atoms with Gasteiger partial charge in [-0.15, -0.1) is 0 Å². The molecule has 0 radical (unpaired) electrons. The molecule has 2 aromatic rings. The normalized spacial score (nSPS) is 23.7. The number of nitro benzene ring substituents is 1. The second-order valence-corrected chi connectivity index (χ2v) is 9.76. The van der Waals surface area contributed by atoms with Crippen molar-refractivity contribution in [2.75, 3.05) is 48.4 Å². The number of nitro groups is 1. The minimum Gasteiger partial charge on any atom is -0.495 e. The van der Waals surface area contributed by atoms with E-state index in [1.165, 1.54) is 25.3 Å². The van der Waals surface area contributed by atoms with Crippen LogP contribution in [0.15, 0.2) is 36.4 Å². The van der Waals surface area contributed by atoms with Crippen LogP contribution in [0.5, 0.6) is 5.75 Å². The summed E-state index contributed by atoms with van der Waals surface area (Å²) in [5.74, 6) is -7.11. The number of hydrogen-bond acceptors (Lipinski definition) is 6. The summed E-state index contributed by atoms with van der Waals surface area (Å²) >= 11 is 0. The van der Waals surface area contributed by atoms with Gasteiger partial charge in [0.05, 0.1) is 29.0 Å². The number of hydrogen-bond donors (Lipinski definition) is 1. The number of benzene rings is 2. The van der Waals surface area contributed by atoms with Gasteiger partial charge in [-0.05, 0) is 30.7 Å². The summed E-state index contributed by atoms with van der Waals surface area (Å²) in [7, 11) is 1.46. The number of methoxy groups -OCH3 is 1. The summed E-state index contributed by atoms with van der Waals surface area (Å²) in [5, 5.41) is 14.1. The topological polar surface area (TPSA) is 87.9 Å². The molecular formula is C25H26F4N4O4. The van der Waals surface area contributed by atoms with Crippen LogP contribution in [0.3, 0.4) is 0 Å². The fourth-order valence-electron chi connectivity index (χ4n) is 5.32. The zero-order valence-electron chi connectivity index (χ0n) is 20.1. The van der Waals surface area contributed by atoms with Crippen LogP contribution in [0.4, 0.5) is 40.3 Å². The van der Waals surface area contributed by atoms with E-state index in [0.29, 0.717) is 17.1 Å². The first-order valence-electron chi connectivity index (χ1n) is 12.0. The lowest BCUT2D eigenvalue weighted by Crippen LogP contribution is -2.39. The number of fused-ring (bicyclic) bond motifs is 1. The van der Waals surface area contributed by atoms with Crippen LogP contribution >= 0.6 is 0 Å². The summed E-state index contributed by atoms with van der Waals surface area (Å²) in [6.07, 6.45) is -0.358. The van der Waals surface area contributed by atoms with Crippen LogP contribution < -0.4 is 19.9 Å². The van der Waals surface area contributed by atoms with Crippen LogP contribution in [-0.2, 0) is 0 Å². The van der Waals surface area contributed by atoms with Crippen molar-refractivity contribution in [2.45, 2.75) is 31.1 Å². The highest BCUT2D eigenvalue weighted by Crippen LogP contribution is 2.59. The number of ether oxygens (including phenoxy) is 1. The fourth-order valence-corrected chi connectivity index (χ4v) is 5.32. The number of alkyl halides is 4. The van der Waals surface area contributed by atoms with E-state index in [1.54, 1.807) is 28.0 Å². The molecule has 1 aliphatic carbocycles. The van der Waals surface area contributed by atoms with Gasteiger partial charge in [0.1, 0.15) is 5.75 Å². The van der Waals surface area contributed by atoms with E-state index in [1.807, 2.05) is 0 Å². The molecule has 12 heteroatoms. The predicted octanol–water partition coefficient (Wildman–Crippen LogP) is 5.18. The summed E-state index contributed by atoms with van der Waals surface area (Å²) < 4.78 is 60.6. The van der Waals surface area contributed by atoms with Crippen molar-refractivity contribution >= 4 is 28.7 Å². The number of amides is 1. The molecule has 0 bridgehead atoms. The number of carbonyl (C=O) groups excluding carboxylic acids is 1. The van der Waals surface area contributed by atoms with E-state index in [2.05, 4.69) is 5.32 Å². The number of nitrogens with one attached hydrogen (secondary N) is 1. The van der Waals surface area contributed by atoms with Crippen molar-refractivity contribution in [3.8, 4) is 5.75 Å². The maximum absolute atomic E-state index is 14.0. The quantitative estimate of drug-likeness (QED) is 0.320. The van der Waals surface area contributed by atoms with Crippen LogP contribution in [0.2, 0.25) is 0 Å². The third-order valence-corrected chi connectivity index (χ3v) is 7.54. The molecule has 37 heavy (non-hydrogen) atoms. The van der Waals surface area contributed by atoms with E-state index < -0.39 is 34.5 Å². The van der Waals surface area contributed by atoms with Gasteiger partial charge in [-0.25, -0.2) is 17.6 Å². The number of nitrogens with zero attached hydrogens (tertiary/aromatic N) is 3. The van der Waals surface area contributed by atoms with Gasteiger partial charge < -0.3 is 19.9 Å². The number of non-ortho nitro benzene ring substituents is 1. The Morgan fingerprint density at radius 2 is 1.76 bits per heavy atom. The van der Waals surface area contributed by atoms with E-state index in [-0.39, 0.29) is 62.4 Å². The fraction of sp³-hybridized carbons (Fsp3) is 0.480. The van der Waals surface area contributed by atoms with Gasteiger partial charge in [0, 0.05) is 68.7 Å². The molecule has 1 amide bonds. The molecule has 2 atom stereocenters. The summed E-state index contributed by atoms with van der Waals surface area (Å²) in [6.45, 7) is 0.500. The van der Waals surface area contributed by atoms with Crippen molar-refractivity contribution in [1.29, 1.82) is 0 Å². The van der Waals surface area contributed by atoms with Gasteiger partial charge in [0.15, 0.2) is 0 Å². The van der Waals surface area contributed by atoms with E-state index in [0.717, 1.165) is 0 Å². The summed E-state index contributed by atoms with van der Waals surface area (Å²) in [6, 6.07) is 8.60. The Labute approximate surface area is 210 Å². The minimum absolute atomic E-state index is 0.00535. The molecule has 1 N–H and O–H groups in total. The number of halogens is 4. The lowest BCUT2D eigenvalue weighted by molar-refractivity contribution is -0.384. The lowest BCUT2D eigenvalue weighted by Gasteiger charge is -2.34. The summed E-state index contributed by atoms with van der Waals surface area (Å²) in [4.78, 5) is 27.5. The second-order valence-electron chi connectivity index (χ2n) is 9.76. The van der Waals surface area contributed by atoms with Gasteiger partial charge in [0.2, 0.25) is 0 Å². The second kappa shape index (κ2) is 9.07. The van der Waals surface area contributed by atoms with Gasteiger partial charge in [-0.1, -0.05) is 0 Å². The molecule has 2 heterocycles. The van der Waals surface area contributed by atoms with Gasteiger partial charge >= 0.3 is 0 Å². The number of piperidine rings is 2. The maximum atomic E-state index is 14.0. The molecular weight excluding hydrogens is 496 g/mol. The molecule has 2 saturated heterocycles. The van der Waals surface area contributed by atoms with E-state index in [9.17, 15) is 32.5 Å². The van der Waals surface area contributed by atoms with Crippen LogP contribution in [0, 0.1) is 22.0 Å². The van der Waals surface area contributed by atoms with Crippen molar-refractivity contribution in [2.24, 2.45) is 11.8 Å². The van der Waals surface area contributed by atoms with Gasteiger partial charge in [-0.2, -0.15) is 0 Å². The molecule has 0 spiro atoms. The standard InChI is InChI=1S/C25H26F4N4O4/c1-37-22-5-2-15(12-21(22)31-10-7-24(26,27)8-11-31)30-23(34)17-4-3-16(33(35)36)13-20(17)32-9-6-18-19(14-32)25(18,28)29/h2-5,12-13,18-19H,6-11,14H2,1H3,(H,30,34). The van der Waals surface area contributed by atoms with Gasteiger partial charge in [-0.3, -0.25) is 14.9 Å². The first kappa shape index (κ1) is 25.1. The smallest absolute Gasteiger partial charge is 0.271 e. The predicted molar refractivity (Wildman–Crippen MR) is 129 cm³/mol. The Kier molecular flexibility index (Phi) is 6.15. The van der Waals surface area contributed by atoms with E-state index in [4.69, 9.17) is 4.74 Å². The lowest BCUT2D eigenvalue weighted by atomic mass is 10.0. The molecule has 3 aliphatic rings. The molecule has 1 saturated carbocycles. The molecule has 2 aromatic carbocycles. The summed E-state index contributed by atoms with van der Waals surface area (Å²) in [5.41, 5.74) is 1.01. The van der Waals surface area contributed by atoms with E-state index >= 15 is 0 Å². The number of rotatable bonds is 6. The molecule has 5 rings (SSSR count).